The van der Waals surface area contributed by atoms with Crippen LogP contribution in [-0.4, -0.2) is 0 Å². The zero-order chi connectivity index (χ0) is 19.1. The molecule has 0 bridgehead atoms. The van der Waals surface area contributed by atoms with E-state index in [2.05, 4.69) is 6.07 Å². The molecular weight excluding hydrogens is 354 g/mol. The molecule has 0 saturated heterocycles. The van der Waals surface area contributed by atoms with Gasteiger partial charge in [0, 0.05) is 22.1 Å². The van der Waals surface area contributed by atoms with Gasteiger partial charge in [0.05, 0.1) is 0 Å². The van der Waals surface area contributed by atoms with Gasteiger partial charge in [-0.05, 0) is 35.7 Å². The normalized spacial score (nSPS) is 14.5. The first-order valence-electron chi connectivity index (χ1n) is 9.08. The lowest BCUT2D eigenvalue weighted by molar-refractivity contribution is 0.163. The Labute approximate surface area is 161 Å². The quantitative estimate of drug-likeness (QED) is 0.393. The summed E-state index contributed by atoms with van der Waals surface area (Å²) in [6.07, 6.45) is 3.96. The second-order valence-corrected chi connectivity index (χ2v) is 6.89. The molecule has 0 radical (unpaired) electrons. The third kappa shape index (κ3) is 2.59. The summed E-state index contributed by atoms with van der Waals surface area (Å²) in [6, 6.07) is 24.6. The molecule has 3 heteroatoms. The summed E-state index contributed by atoms with van der Waals surface area (Å²) in [7, 11) is 0. The van der Waals surface area contributed by atoms with Gasteiger partial charge < -0.3 is 4.74 Å². The third-order valence-corrected chi connectivity index (χ3v) is 5.22. The molecule has 4 aromatic rings. The van der Waals surface area contributed by atoms with Crippen LogP contribution >= 0.6 is 0 Å². The molecule has 0 fully saturated rings. The Bertz CT molecular complexity index is 1150. The lowest BCUT2D eigenvalue weighted by atomic mass is 9.83. The van der Waals surface area contributed by atoms with Gasteiger partial charge in [-0.2, -0.15) is 0 Å². The van der Waals surface area contributed by atoms with E-state index in [1.807, 2.05) is 42.5 Å². The maximum absolute atomic E-state index is 13.6. The number of hydrogen-bond donors (Lipinski definition) is 0. The molecule has 0 spiro atoms. The molecule has 0 saturated carbocycles. The third-order valence-electron chi connectivity index (χ3n) is 5.22. The summed E-state index contributed by atoms with van der Waals surface area (Å²) >= 11 is 0. The van der Waals surface area contributed by atoms with E-state index in [1.165, 1.54) is 24.3 Å². The van der Waals surface area contributed by atoms with Gasteiger partial charge in [-0.25, -0.2) is 8.78 Å². The van der Waals surface area contributed by atoms with Crippen molar-refractivity contribution in [3.8, 4) is 5.75 Å². The van der Waals surface area contributed by atoms with E-state index in [4.69, 9.17) is 4.74 Å². The zero-order valence-electron chi connectivity index (χ0n) is 14.9. The molecule has 0 N–H and O–H groups in total. The van der Waals surface area contributed by atoms with Crippen LogP contribution in [0.2, 0.25) is 0 Å². The molecule has 0 amide bonds. The van der Waals surface area contributed by atoms with E-state index in [0.29, 0.717) is 0 Å². The fraction of sp³-hybridized carbons (Fsp3) is 0.0400. The minimum Gasteiger partial charge on any atom is -0.472 e. The van der Waals surface area contributed by atoms with Gasteiger partial charge in [-0.3, -0.25) is 0 Å². The Morgan fingerprint density at radius 1 is 0.643 bits per heavy atom. The summed E-state index contributed by atoms with van der Waals surface area (Å²) in [5.41, 5.74) is 1.54. The topological polar surface area (TPSA) is 9.23 Å². The summed E-state index contributed by atoms with van der Waals surface area (Å²) in [5, 5.41) is 2.07. The van der Waals surface area contributed by atoms with Crippen molar-refractivity contribution in [2.75, 3.05) is 0 Å². The lowest BCUT2D eigenvalue weighted by Crippen LogP contribution is -2.34. The molecule has 28 heavy (non-hydrogen) atoms. The Morgan fingerprint density at radius 2 is 1.25 bits per heavy atom. The van der Waals surface area contributed by atoms with Crippen molar-refractivity contribution in [3.63, 3.8) is 0 Å². The highest BCUT2D eigenvalue weighted by atomic mass is 19.1. The van der Waals surface area contributed by atoms with Crippen LogP contribution in [0.3, 0.4) is 0 Å². The first-order chi connectivity index (χ1) is 13.7. The van der Waals surface area contributed by atoms with Crippen molar-refractivity contribution in [2.45, 2.75) is 5.60 Å². The molecular formula is C25H16F2O. The largest absolute Gasteiger partial charge is 0.472 e. The minimum atomic E-state index is -0.974. The predicted octanol–water partition coefficient (Wildman–Crippen LogP) is 6.47. The highest BCUT2D eigenvalue weighted by molar-refractivity contribution is 5.92. The number of halogens is 2. The van der Waals surface area contributed by atoms with Crippen molar-refractivity contribution < 1.29 is 13.5 Å². The average Bonchev–Trinajstić information content (AvgIpc) is 2.74. The Balaban J connectivity index is 1.76. The van der Waals surface area contributed by atoms with Crippen LogP contribution in [0.25, 0.3) is 16.8 Å². The molecule has 1 aliphatic rings. The Morgan fingerprint density at radius 3 is 1.89 bits per heavy atom. The van der Waals surface area contributed by atoms with E-state index in [0.717, 1.165) is 33.2 Å². The van der Waals surface area contributed by atoms with Crippen LogP contribution in [0.4, 0.5) is 8.78 Å². The fourth-order valence-electron chi connectivity index (χ4n) is 3.78. The van der Waals surface area contributed by atoms with Crippen LogP contribution in [0.1, 0.15) is 16.7 Å². The zero-order valence-corrected chi connectivity index (χ0v) is 14.9. The monoisotopic (exact) mass is 370 g/mol. The van der Waals surface area contributed by atoms with E-state index in [9.17, 15) is 8.78 Å². The molecule has 1 aliphatic heterocycles. The molecule has 1 nitrogen and oxygen atoms in total. The SMILES string of the molecule is Fc1ccc(C2(c3ccc(F)cc3)C=Cc3ccc4ccccc4c3O2)cc1. The van der Waals surface area contributed by atoms with Crippen LogP contribution in [0, 0.1) is 11.6 Å². The molecule has 136 valence electrons. The van der Waals surface area contributed by atoms with Crippen molar-refractivity contribution in [1.29, 1.82) is 0 Å². The van der Waals surface area contributed by atoms with E-state index < -0.39 is 5.60 Å². The number of fused-ring (bicyclic) bond motifs is 3. The highest BCUT2D eigenvalue weighted by Crippen LogP contribution is 2.44. The maximum atomic E-state index is 13.6. The second kappa shape index (κ2) is 6.31. The van der Waals surface area contributed by atoms with Crippen molar-refractivity contribution >= 4 is 16.8 Å². The van der Waals surface area contributed by atoms with Crippen LogP contribution in [-0.2, 0) is 5.60 Å². The Hall–Kier alpha value is -3.46. The maximum Gasteiger partial charge on any atom is 0.178 e. The van der Waals surface area contributed by atoms with E-state index >= 15 is 0 Å². The predicted molar refractivity (Wildman–Crippen MR) is 107 cm³/mol. The van der Waals surface area contributed by atoms with Crippen molar-refractivity contribution in [3.05, 3.63) is 119 Å². The highest BCUT2D eigenvalue weighted by Gasteiger charge is 2.37. The van der Waals surface area contributed by atoms with E-state index in [-0.39, 0.29) is 11.6 Å². The van der Waals surface area contributed by atoms with Gasteiger partial charge in [0.15, 0.2) is 5.60 Å². The number of hydrogen-bond acceptors (Lipinski definition) is 1. The molecule has 4 aromatic carbocycles. The summed E-state index contributed by atoms with van der Waals surface area (Å²) in [5.74, 6) is 0.126. The van der Waals surface area contributed by atoms with E-state index in [1.54, 1.807) is 24.3 Å². The molecule has 1 heterocycles. The molecule has 0 aliphatic carbocycles. The van der Waals surface area contributed by atoms with Gasteiger partial charge in [-0.1, -0.05) is 66.7 Å². The van der Waals surface area contributed by atoms with Gasteiger partial charge in [0.2, 0.25) is 0 Å². The van der Waals surface area contributed by atoms with Gasteiger partial charge in [-0.15, -0.1) is 0 Å². The summed E-state index contributed by atoms with van der Waals surface area (Å²) < 4.78 is 33.8. The minimum absolute atomic E-state index is 0.316. The number of rotatable bonds is 2. The average molecular weight is 370 g/mol. The smallest absolute Gasteiger partial charge is 0.178 e. The molecule has 5 rings (SSSR count). The number of benzene rings is 4. The van der Waals surface area contributed by atoms with Gasteiger partial charge >= 0.3 is 0 Å². The van der Waals surface area contributed by atoms with Crippen molar-refractivity contribution in [1.82, 2.24) is 0 Å². The summed E-state index contributed by atoms with van der Waals surface area (Å²) in [6.45, 7) is 0. The first-order valence-corrected chi connectivity index (χ1v) is 9.08. The van der Waals surface area contributed by atoms with Gasteiger partial charge in [0.1, 0.15) is 17.4 Å². The summed E-state index contributed by atoms with van der Waals surface area (Å²) in [4.78, 5) is 0. The fourth-order valence-corrected chi connectivity index (χ4v) is 3.78. The first kappa shape index (κ1) is 16.7. The lowest BCUT2D eigenvalue weighted by Gasteiger charge is -2.36. The van der Waals surface area contributed by atoms with Crippen LogP contribution < -0.4 is 4.74 Å². The molecule has 0 aromatic heterocycles. The van der Waals surface area contributed by atoms with Crippen LogP contribution in [0.5, 0.6) is 5.75 Å². The standard InChI is InChI=1S/C25H16F2O/c26-21-11-7-19(8-12-21)25(20-9-13-22(27)14-10-20)16-15-18-6-5-17-3-1-2-4-23(17)24(18)28-25/h1-16H. The van der Waals surface area contributed by atoms with Gasteiger partial charge in [0.25, 0.3) is 0 Å². The van der Waals surface area contributed by atoms with Crippen LogP contribution in [0.15, 0.2) is 91.0 Å². The number of ether oxygens (including phenoxy) is 1. The molecule has 0 atom stereocenters. The second-order valence-electron chi connectivity index (χ2n) is 6.89. The Kier molecular flexibility index (Phi) is 3.76. The van der Waals surface area contributed by atoms with Crippen molar-refractivity contribution in [2.24, 2.45) is 0 Å². The molecule has 0 unspecified atom stereocenters.